The second-order valence-electron chi connectivity index (χ2n) is 7.35. The maximum atomic E-state index is 6.21. The van der Waals surface area contributed by atoms with Gasteiger partial charge in [-0.2, -0.15) is 0 Å². The number of nitrogens with zero attached hydrogens (tertiary/aromatic N) is 1. The van der Waals surface area contributed by atoms with E-state index in [1.54, 1.807) is 0 Å². The SMILES string of the molecule is CC1CC(C)N(C2(CN)CCC(C(C)C)CC2)C1. The lowest BCUT2D eigenvalue weighted by atomic mass is 9.72. The molecular formula is C16H32N2. The van der Waals surface area contributed by atoms with Gasteiger partial charge in [0.1, 0.15) is 0 Å². The van der Waals surface area contributed by atoms with Crippen molar-refractivity contribution in [2.24, 2.45) is 23.5 Å². The summed E-state index contributed by atoms with van der Waals surface area (Å²) in [6, 6.07) is 0.735. The first-order chi connectivity index (χ1) is 8.48. The molecule has 2 fully saturated rings. The number of hydrogen-bond donors (Lipinski definition) is 1. The van der Waals surface area contributed by atoms with Gasteiger partial charge in [0.2, 0.25) is 0 Å². The molecule has 1 aliphatic heterocycles. The van der Waals surface area contributed by atoms with Crippen LogP contribution >= 0.6 is 0 Å². The molecule has 2 heteroatoms. The molecule has 18 heavy (non-hydrogen) atoms. The zero-order chi connectivity index (χ0) is 13.3. The summed E-state index contributed by atoms with van der Waals surface area (Å²) in [6.07, 6.45) is 6.76. The minimum atomic E-state index is 0.329. The van der Waals surface area contributed by atoms with Crippen LogP contribution in [0.4, 0.5) is 0 Å². The Hall–Kier alpha value is -0.0800. The Kier molecular flexibility index (Phi) is 4.38. The Morgan fingerprint density at radius 1 is 1.22 bits per heavy atom. The molecule has 0 radical (unpaired) electrons. The summed E-state index contributed by atoms with van der Waals surface area (Å²) in [5, 5.41) is 0. The van der Waals surface area contributed by atoms with Crippen LogP contribution in [0.1, 0.15) is 59.8 Å². The highest BCUT2D eigenvalue weighted by Crippen LogP contribution is 2.42. The molecule has 2 unspecified atom stereocenters. The molecule has 1 heterocycles. The third kappa shape index (κ3) is 2.60. The zero-order valence-electron chi connectivity index (χ0n) is 12.8. The molecule has 0 aromatic heterocycles. The van der Waals surface area contributed by atoms with Crippen molar-refractivity contribution in [1.82, 2.24) is 4.90 Å². The lowest BCUT2D eigenvalue weighted by Gasteiger charge is -2.48. The van der Waals surface area contributed by atoms with Crippen molar-refractivity contribution in [2.75, 3.05) is 13.1 Å². The Balaban J connectivity index is 2.04. The van der Waals surface area contributed by atoms with E-state index in [1.165, 1.54) is 38.6 Å². The molecule has 0 aromatic carbocycles. The standard InChI is InChI=1S/C16H32N2/c1-12(2)15-5-7-16(11-17,8-6-15)18-10-13(3)9-14(18)4/h12-15H,5-11,17H2,1-4H3. The fourth-order valence-electron chi connectivity index (χ4n) is 4.41. The van der Waals surface area contributed by atoms with Crippen molar-refractivity contribution in [3.05, 3.63) is 0 Å². The highest BCUT2D eigenvalue weighted by molar-refractivity contribution is 5.00. The minimum Gasteiger partial charge on any atom is -0.329 e. The van der Waals surface area contributed by atoms with Crippen LogP contribution in [0.15, 0.2) is 0 Å². The predicted molar refractivity (Wildman–Crippen MR) is 78.5 cm³/mol. The third-order valence-electron chi connectivity index (χ3n) is 5.68. The van der Waals surface area contributed by atoms with Gasteiger partial charge in [-0.1, -0.05) is 20.8 Å². The van der Waals surface area contributed by atoms with Crippen LogP contribution in [-0.2, 0) is 0 Å². The van der Waals surface area contributed by atoms with E-state index in [0.29, 0.717) is 5.54 Å². The second kappa shape index (κ2) is 5.50. The van der Waals surface area contributed by atoms with Crippen molar-refractivity contribution in [3.8, 4) is 0 Å². The molecule has 0 amide bonds. The van der Waals surface area contributed by atoms with E-state index in [2.05, 4.69) is 32.6 Å². The van der Waals surface area contributed by atoms with Crippen LogP contribution in [0, 0.1) is 17.8 Å². The molecule has 0 spiro atoms. The van der Waals surface area contributed by atoms with E-state index >= 15 is 0 Å². The number of likely N-dealkylation sites (tertiary alicyclic amines) is 1. The Morgan fingerprint density at radius 3 is 2.22 bits per heavy atom. The average Bonchev–Trinajstić information content (AvgIpc) is 2.69. The summed E-state index contributed by atoms with van der Waals surface area (Å²) in [5.41, 5.74) is 6.53. The van der Waals surface area contributed by atoms with Gasteiger partial charge in [-0.25, -0.2) is 0 Å². The molecule has 0 bridgehead atoms. The molecule has 2 nitrogen and oxygen atoms in total. The van der Waals surface area contributed by atoms with Crippen LogP contribution in [0.25, 0.3) is 0 Å². The Labute approximate surface area is 113 Å². The van der Waals surface area contributed by atoms with Gasteiger partial charge in [0.15, 0.2) is 0 Å². The molecule has 106 valence electrons. The van der Waals surface area contributed by atoms with Crippen molar-refractivity contribution in [1.29, 1.82) is 0 Å². The topological polar surface area (TPSA) is 29.3 Å². The van der Waals surface area contributed by atoms with E-state index in [-0.39, 0.29) is 0 Å². The quantitative estimate of drug-likeness (QED) is 0.835. The molecule has 1 saturated heterocycles. The first-order valence-electron chi connectivity index (χ1n) is 7.95. The van der Waals surface area contributed by atoms with Gasteiger partial charge in [-0.15, -0.1) is 0 Å². The van der Waals surface area contributed by atoms with Gasteiger partial charge in [0.05, 0.1) is 0 Å². The summed E-state index contributed by atoms with van der Waals surface area (Å²) in [4.78, 5) is 2.76. The monoisotopic (exact) mass is 252 g/mol. The molecule has 2 atom stereocenters. The number of nitrogens with two attached hydrogens (primary N) is 1. The normalized spacial score (nSPS) is 42.7. The maximum Gasteiger partial charge on any atom is 0.0334 e. The molecule has 2 rings (SSSR count). The summed E-state index contributed by atoms with van der Waals surface area (Å²) >= 11 is 0. The van der Waals surface area contributed by atoms with E-state index in [0.717, 1.165) is 30.3 Å². The largest absolute Gasteiger partial charge is 0.329 e. The van der Waals surface area contributed by atoms with Crippen molar-refractivity contribution in [3.63, 3.8) is 0 Å². The van der Waals surface area contributed by atoms with Crippen LogP contribution in [0.2, 0.25) is 0 Å². The predicted octanol–water partition coefficient (Wildman–Crippen LogP) is 3.26. The van der Waals surface area contributed by atoms with Gasteiger partial charge < -0.3 is 5.73 Å². The van der Waals surface area contributed by atoms with Crippen LogP contribution in [-0.4, -0.2) is 29.6 Å². The summed E-state index contributed by atoms with van der Waals surface area (Å²) in [7, 11) is 0. The minimum absolute atomic E-state index is 0.329. The molecule has 2 N–H and O–H groups in total. The molecule has 0 aromatic rings. The van der Waals surface area contributed by atoms with Gasteiger partial charge in [0.25, 0.3) is 0 Å². The zero-order valence-corrected chi connectivity index (χ0v) is 12.8. The maximum absolute atomic E-state index is 6.21. The smallest absolute Gasteiger partial charge is 0.0334 e. The third-order valence-corrected chi connectivity index (χ3v) is 5.68. The van der Waals surface area contributed by atoms with Crippen LogP contribution < -0.4 is 5.73 Å². The van der Waals surface area contributed by atoms with Gasteiger partial charge >= 0.3 is 0 Å². The number of hydrogen-bond acceptors (Lipinski definition) is 2. The lowest BCUT2D eigenvalue weighted by Crippen LogP contribution is -2.57. The first-order valence-corrected chi connectivity index (χ1v) is 7.95. The van der Waals surface area contributed by atoms with Crippen molar-refractivity contribution in [2.45, 2.75) is 71.4 Å². The van der Waals surface area contributed by atoms with Gasteiger partial charge in [0, 0.05) is 24.7 Å². The average molecular weight is 252 g/mol. The highest BCUT2D eigenvalue weighted by atomic mass is 15.3. The lowest BCUT2D eigenvalue weighted by molar-refractivity contribution is 0.0282. The first kappa shape index (κ1) is 14.3. The van der Waals surface area contributed by atoms with E-state index in [4.69, 9.17) is 5.73 Å². The van der Waals surface area contributed by atoms with Crippen LogP contribution in [0.3, 0.4) is 0 Å². The van der Waals surface area contributed by atoms with E-state index in [1.807, 2.05) is 0 Å². The van der Waals surface area contributed by atoms with E-state index < -0.39 is 0 Å². The molecule has 2 aliphatic rings. The number of rotatable bonds is 3. The molecular weight excluding hydrogens is 220 g/mol. The van der Waals surface area contributed by atoms with Crippen LogP contribution in [0.5, 0.6) is 0 Å². The Bertz CT molecular complexity index is 266. The van der Waals surface area contributed by atoms with E-state index in [9.17, 15) is 0 Å². The fraction of sp³-hybridized carbons (Fsp3) is 1.00. The van der Waals surface area contributed by atoms with Gasteiger partial charge in [-0.05, 0) is 56.8 Å². The summed E-state index contributed by atoms with van der Waals surface area (Å²) < 4.78 is 0. The summed E-state index contributed by atoms with van der Waals surface area (Å²) in [5.74, 6) is 2.63. The van der Waals surface area contributed by atoms with Crippen molar-refractivity contribution >= 4 is 0 Å². The molecule has 1 aliphatic carbocycles. The Morgan fingerprint density at radius 2 is 1.83 bits per heavy atom. The van der Waals surface area contributed by atoms with Gasteiger partial charge in [-0.3, -0.25) is 4.90 Å². The van der Waals surface area contributed by atoms with Crippen molar-refractivity contribution < 1.29 is 0 Å². The summed E-state index contributed by atoms with van der Waals surface area (Å²) in [6.45, 7) is 11.7. The fourth-order valence-corrected chi connectivity index (χ4v) is 4.41. The second-order valence-corrected chi connectivity index (χ2v) is 7.35. The highest BCUT2D eigenvalue weighted by Gasteiger charge is 2.44. The molecule has 1 saturated carbocycles.